The van der Waals surface area contributed by atoms with Crippen molar-refractivity contribution in [2.45, 2.75) is 32.9 Å². The predicted molar refractivity (Wildman–Crippen MR) is 157 cm³/mol. The third-order valence-electron chi connectivity index (χ3n) is 7.35. The van der Waals surface area contributed by atoms with Crippen molar-refractivity contribution in [1.82, 2.24) is 4.90 Å². The molecule has 0 aliphatic carbocycles. The number of aliphatic hydroxyl groups excluding tert-OH is 1. The van der Waals surface area contributed by atoms with Gasteiger partial charge in [0.1, 0.15) is 17.8 Å². The van der Waals surface area contributed by atoms with E-state index in [0.29, 0.717) is 0 Å². The Kier molecular flexibility index (Phi) is 8.69. The maximum Gasteiger partial charge on any atom is 0.356 e. The van der Waals surface area contributed by atoms with E-state index >= 15 is 0 Å². The molecule has 0 saturated carbocycles. The lowest BCUT2D eigenvalue weighted by Gasteiger charge is -2.52. The number of aliphatic hydroxyl groups is 1. The number of Topliss-reactive ketones (excluding diaryl/α,β-unsaturated/α-hetero) is 1. The lowest BCUT2D eigenvalue weighted by molar-refractivity contribution is -0.161. The van der Waals surface area contributed by atoms with Crippen LogP contribution in [-0.4, -0.2) is 51.8 Å². The van der Waals surface area contributed by atoms with Crippen LogP contribution in [0.3, 0.4) is 0 Å². The van der Waals surface area contributed by atoms with Gasteiger partial charge in [-0.1, -0.05) is 111 Å². The van der Waals surface area contributed by atoms with E-state index in [4.69, 9.17) is 4.74 Å². The Labute approximate surface area is 229 Å². The molecule has 4 atom stereocenters. The molecule has 3 aromatic rings. The van der Waals surface area contributed by atoms with E-state index in [9.17, 15) is 19.5 Å². The van der Waals surface area contributed by atoms with Crippen LogP contribution >= 0.6 is 6.89 Å². The fraction of sp³-hybridized carbons (Fsp3) is 0.250. The van der Waals surface area contributed by atoms with Gasteiger partial charge in [-0.3, -0.25) is 9.59 Å². The Hall–Kier alpha value is -3.73. The summed E-state index contributed by atoms with van der Waals surface area (Å²) in [5.41, 5.74) is 0.188. The quantitative estimate of drug-likeness (QED) is 0.184. The Bertz CT molecular complexity index is 1300. The van der Waals surface area contributed by atoms with Crippen LogP contribution in [-0.2, 0) is 19.1 Å². The maximum absolute atomic E-state index is 14.2. The first-order valence-corrected chi connectivity index (χ1v) is 14.8. The second kappa shape index (κ2) is 12.0. The van der Waals surface area contributed by atoms with E-state index in [2.05, 4.69) is 6.58 Å². The molecule has 3 aromatic carbocycles. The molecule has 1 fully saturated rings. The summed E-state index contributed by atoms with van der Waals surface area (Å²) in [6.45, 7) is 5.33. The van der Waals surface area contributed by atoms with Crippen molar-refractivity contribution in [2.75, 3.05) is 6.61 Å². The monoisotopic (exact) mass is 543 g/mol. The number of esters is 1. The molecule has 7 heteroatoms. The molecule has 4 rings (SSSR count). The van der Waals surface area contributed by atoms with Crippen LogP contribution in [0.5, 0.6) is 0 Å². The largest absolute Gasteiger partial charge is 0.457 e. The maximum atomic E-state index is 14.2. The molecular formula is C32H34NO5P. The minimum atomic E-state index is -3.06. The number of amides is 1. The molecule has 1 aliphatic heterocycles. The second-order valence-electron chi connectivity index (χ2n) is 9.75. The highest BCUT2D eigenvalue weighted by Crippen LogP contribution is 2.50. The van der Waals surface area contributed by atoms with Crippen molar-refractivity contribution < 1.29 is 24.2 Å². The van der Waals surface area contributed by atoms with Gasteiger partial charge in [0.2, 0.25) is 5.91 Å². The Balaban J connectivity index is 2.23. The van der Waals surface area contributed by atoms with Gasteiger partial charge < -0.3 is 14.7 Å². The van der Waals surface area contributed by atoms with Crippen molar-refractivity contribution in [2.24, 2.45) is 11.8 Å². The summed E-state index contributed by atoms with van der Waals surface area (Å²) in [7, 11) is 0. The number of hydrogen-bond acceptors (Lipinski definition) is 5. The number of benzene rings is 3. The van der Waals surface area contributed by atoms with E-state index in [-0.39, 0.29) is 17.8 Å². The summed E-state index contributed by atoms with van der Waals surface area (Å²) in [5.74, 6) is -2.63. The smallest absolute Gasteiger partial charge is 0.356 e. The second-order valence-corrected chi connectivity index (χ2v) is 13.1. The standard InChI is InChI=1S/C32H34NO5P/c1-5-21-38-32(37)31(33-29(22(2)23(3)34)28(24(4)35)30(33)36)39(25-15-9-6-10-16-25,26-17-11-7-12-18-26)27-19-13-8-14-20-27/h5-20,22,24,28-29,35H,1,21H2,2-4H3/t22-,24+,28+,29?/m0/s1. The van der Waals surface area contributed by atoms with E-state index in [1.807, 2.05) is 91.0 Å². The molecule has 6 nitrogen and oxygen atoms in total. The summed E-state index contributed by atoms with van der Waals surface area (Å²) >= 11 is 0. The average molecular weight is 544 g/mol. The molecule has 0 spiro atoms. The van der Waals surface area contributed by atoms with Crippen LogP contribution in [0.4, 0.5) is 0 Å². The molecule has 1 heterocycles. The summed E-state index contributed by atoms with van der Waals surface area (Å²) in [6, 6.07) is 28.3. The zero-order valence-corrected chi connectivity index (χ0v) is 23.3. The first kappa shape index (κ1) is 28.3. The van der Waals surface area contributed by atoms with Crippen molar-refractivity contribution in [3.05, 3.63) is 104 Å². The average Bonchev–Trinajstić information content (AvgIpc) is 2.95. The summed E-state index contributed by atoms with van der Waals surface area (Å²) in [6.07, 6.45) is 0.485. The molecular weight excluding hydrogens is 509 g/mol. The fourth-order valence-corrected chi connectivity index (χ4v) is 9.79. The van der Waals surface area contributed by atoms with Gasteiger partial charge in [0.25, 0.3) is 0 Å². The van der Waals surface area contributed by atoms with Crippen LogP contribution in [0.25, 0.3) is 0 Å². The molecule has 0 radical (unpaired) electrons. The van der Waals surface area contributed by atoms with Crippen LogP contribution in [0.1, 0.15) is 20.8 Å². The van der Waals surface area contributed by atoms with Crippen LogP contribution in [0.2, 0.25) is 0 Å². The number of nitrogens with zero attached hydrogens (tertiary/aromatic N) is 1. The molecule has 1 aliphatic rings. The number of ketones is 1. The molecule has 0 bridgehead atoms. The van der Waals surface area contributed by atoms with Gasteiger partial charge in [-0.2, -0.15) is 0 Å². The SMILES string of the molecule is C=CCOC(=O)C(N1C(=O)[C@H]([C@@H](C)O)C1[C@@H](C)C(C)=O)=P(c1ccccc1)(c1ccccc1)c1ccccc1. The number of carbonyl (C=O) groups is 3. The molecule has 39 heavy (non-hydrogen) atoms. The Morgan fingerprint density at radius 3 is 1.72 bits per heavy atom. The highest BCUT2D eigenvalue weighted by Gasteiger charge is 2.57. The predicted octanol–water partition coefficient (Wildman–Crippen LogP) is 3.27. The van der Waals surface area contributed by atoms with Gasteiger partial charge in [0, 0.05) is 12.8 Å². The minimum absolute atomic E-state index is 0.0461. The van der Waals surface area contributed by atoms with Gasteiger partial charge in [-0.05, 0) is 29.8 Å². The van der Waals surface area contributed by atoms with Crippen LogP contribution in [0, 0.1) is 11.8 Å². The minimum Gasteiger partial charge on any atom is -0.457 e. The molecule has 1 unspecified atom stereocenters. The van der Waals surface area contributed by atoms with Crippen molar-refractivity contribution in [3.8, 4) is 0 Å². The van der Waals surface area contributed by atoms with Gasteiger partial charge in [0.05, 0.1) is 18.1 Å². The first-order valence-electron chi connectivity index (χ1n) is 13.0. The topological polar surface area (TPSA) is 83.9 Å². The van der Waals surface area contributed by atoms with E-state index in [1.165, 1.54) is 17.9 Å². The fourth-order valence-electron chi connectivity index (χ4n) is 5.41. The number of β-lactam (4-membered cyclic amide) rings is 1. The number of hydrogen-bond donors (Lipinski definition) is 1. The molecule has 1 amide bonds. The lowest BCUT2D eigenvalue weighted by Crippen LogP contribution is -2.70. The molecule has 1 saturated heterocycles. The number of carbonyl (C=O) groups excluding carboxylic acids is 3. The van der Waals surface area contributed by atoms with Gasteiger partial charge in [0.15, 0.2) is 0 Å². The third-order valence-corrected chi connectivity index (χ3v) is 11.6. The highest BCUT2D eigenvalue weighted by atomic mass is 31.2. The first-order chi connectivity index (χ1) is 18.8. The lowest BCUT2D eigenvalue weighted by atomic mass is 9.75. The zero-order chi connectivity index (χ0) is 28.2. The summed E-state index contributed by atoms with van der Waals surface area (Å²) < 4.78 is 5.71. The van der Waals surface area contributed by atoms with Crippen LogP contribution < -0.4 is 15.9 Å². The van der Waals surface area contributed by atoms with E-state index in [0.717, 1.165) is 15.9 Å². The van der Waals surface area contributed by atoms with E-state index < -0.39 is 42.7 Å². The third kappa shape index (κ3) is 5.03. The zero-order valence-electron chi connectivity index (χ0n) is 22.4. The van der Waals surface area contributed by atoms with Gasteiger partial charge in [-0.15, -0.1) is 0 Å². The molecule has 202 valence electrons. The number of likely N-dealkylation sites (tertiary alicyclic amines) is 1. The molecule has 1 N–H and O–H groups in total. The summed E-state index contributed by atoms with van der Waals surface area (Å²) in [5, 5.41) is 13.2. The summed E-state index contributed by atoms with van der Waals surface area (Å²) in [4.78, 5) is 42.3. The van der Waals surface area contributed by atoms with Crippen molar-refractivity contribution in [3.63, 3.8) is 0 Å². The van der Waals surface area contributed by atoms with Crippen molar-refractivity contribution in [1.29, 1.82) is 0 Å². The van der Waals surface area contributed by atoms with Crippen LogP contribution in [0.15, 0.2) is 104 Å². The van der Waals surface area contributed by atoms with E-state index in [1.54, 1.807) is 13.8 Å². The Morgan fingerprint density at radius 1 is 0.923 bits per heavy atom. The Morgan fingerprint density at radius 2 is 1.36 bits per heavy atom. The van der Waals surface area contributed by atoms with Crippen molar-refractivity contribution >= 4 is 45.9 Å². The van der Waals surface area contributed by atoms with Gasteiger partial charge >= 0.3 is 5.97 Å². The van der Waals surface area contributed by atoms with Gasteiger partial charge in [-0.25, -0.2) is 4.79 Å². The highest BCUT2D eigenvalue weighted by molar-refractivity contribution is 7.96. The normalized spacial score (nSPS) is 18.5. The number of ether oxygens (including phenoxy) is 1. The molecule has 0 aromatic heterocycles. The number of rotatable bonds is 10.